The third-order valence-electron chi connectivity index (χ3n) is 9.27. The van der Waals surface area contributed by atoms with Gasteiger partial charge >= 0.3 is 6.09 Å². The van der Waals surface area contributed by atoms with Crippen molar-refractivity contribution in [1.29, 1.82) is 0 Å². The molecule has 1 saturated heterocycles. The maximum absolute atomic E-state index is 15.0. The average molecular weight is 853 g/mol. The first-order valence-corrected chi connectivity index (χ1v) is 20.6. The first kappa shape index (κ1) is 48.1. The number of piperazine rings is 1. The number of halogens is 1. The highest BCUT2D eigenvalue weighted by molar-refractivity contribution is 6.07. The van der Waals surface area contributed by atoms with E-state index in [9.17, 15) is 28.4 Å². The van der Waals surface area contributed by atoms with Crippen LogP contribution in [0.1, 0.15) is 77.0 Å². The van der Waals surface area contributed by atoms with E-state index in [1.165, 1.54) is 17.0 Å². The molecule has 4 N–H and O–H groups in total. The molecule has 0 atom stereocenters. The van der Waals surface area contributed by atoms with Crippen LogP contribution in [0.3, 0.4) is 0 Å². The molecule has 1 fully saturated rings. The molecule has 0 saturated carbocycles. The molecule has 1 aliphatic rings. The number of carbonyl (C=O) groups excluding carboxylic acids is 5. The Bertz CT molecular complexity index is 2170. The Morgan fingerprint density at radius 3 is 2.23 bits per heavy atom. The second-order valence-electron chi connectivity index (χ2n) is 14.8. The first-order chi connectivity index (χ1) is 29.9. The number of amides is 4. The van der Waals surface area contributed by atoms with Crippen LogP contribution < -0.4 is 21.4 Å². The lowest BCUT2D eigenvalue weighted by Gasteiger charge is -2.35. The van der Waals surface area contributed by atoms with Crippen LogP contribution in [0, 0.1) is 5.82 Å². The molecule has 0 bridgehead atoms. The predicted octanol–water partition coefficient (Wildman–Crippen LogP) is 5.56. The largest absolute Gasteiger partial charge is 0.444 e. The highest BCUT2D eigenvalue weighted by Gasteiger charge is 2.27. The Morgan fingerprint density at radius 2 is 1.53 bits per heavy atom. The van der Waals surface area contributed by atoms with Gasteiger partial charge in [-0.15, -0.1) is 0 Å². The Balaban J connectivity index is 0.00000416. The smallest absolute Gasteiger partial charge is 0.412 e. The molecule has 0 spiro atoms. The van der Waals surface area contributed by atoms with Gasteiger partial charge in [0.2, 0.25) is 5.91 Å². The summed E-state index contributed by atoms with van der Waals surface area (Å²) in [5.74, 6) is -1.76. The molecule has 1 aliphatic heterocycles. The van der Waals surface area contributed by atoms with Crippen molar-refractivity contribution >= 4 is 41.5 Å². The summed E-state index contributed by atoms with van der Waals surface area (Å²) in [5.41, 5.74) is 6.04. The molecular formula is C46H57FN8O7. The van der Waals surface area contributed by atoms with E-state index in [0.29, 0.717) is 47.6 Å². The maximum atomic E-state index is 15.0. The van der Waals surface area contributed by atoms with Crippen LogP contribution in [0.4, 0.5) is 14.9 Å². The van der Waals surface area contributed by atoms with Gasteiger partial charge in [-0.2, -0.15) is 5.10 Å². The summed E-state index contributed by atoms with van der Waals surface area (Å²) < 4.78 is 26.0. The Kier molecular flexibility index (Phi) is 18.7. The lowest BCUT2D eigenvalue weighted by atomic mass is 9.97. The number of ether oxygens (including phenoxy) is 2. The summed E-state index contributed by atoms with van der Waals surface area (Å²) in [6.07, 6.45) is 1.85. The minimum atomic E-state index is -0.740. The van der Waals surface area contributed by atoms with Crippen LogP contribution in [-0.2, 0) is 20.7 Å². The van der Waals surface area contributed by atoms with Gasteiger partial charge in [-0.1, -0.05) is 74.5 Å². The summed E-state index contributed by atoms with van der Waals surface area (Å²) in [4.78, 5) is 71.2. The van der Waals surface area contributed by atoms with Gasteiger partial charge in [-0.25, -0.2) is 14.2 Å². The second kappa shape index (κ2) is 24.1. The van der Waals surface area contributed by atoms with Crippen molar-refractivity contribution in [2.75, 3.05) is 71.4 Å². The molecule has 0 radical (unpaired) electrons. The SMILES string of the molecule is CC.CN/N=C(/Cc1ccc(F)c(C(=O)N2CCN(C(=O)CNCCOCCNC(=O)c3ncc(-c4ccccc4)cc3NC(=O)OC(C)(C)C)CC2)c1)c1ccccc1C=O. The van der Waals surface area contributed by atoms with Crippen molar-refractivity contribution in [1.82, 2.24) is 30.8 Å². The van der Waals surface area contributed by atoms with Gasteiger partial charge in [-0.05, 0) is 50.1 Å². The summed E-state index contributed by atoms with van der Waals surface area (Å²) in [7, 11) is 1.64. The van der Waals surface area contributed by atoms with E-state index in [0.717, 1.165) is 11.8 Å². The average Bonchev–Trinajstić information content (AvgIpc) is 3.27. The van der Waals surface area contributed by atoms with Crippen LogP contribution in [0.5, 0.6) is 0 Å². The molecular weight excluding hydrogens is 796 g/mol. The molecule has 0 aliphatic carbocycles. The van der Waals surface area contributed by atoms with Crippen molar-refractivity contribution in [3.63, 3.8) is 0 Å². The monoisotopic (exact) mass is 852 g/mol. The third kappa shape index (κ3) is 14.3. The van der Waals surface area contributed by atoms with Gasteiger partial charge < -0.3 is 35.3 Å². The number of anilines is 1. The number of pyridine rings is 1. The molecule has 4 aromatic rings. The Hall–Kier alpha value is -6.52. The number of nitrogens with zero attached hydrogens (tertiary/aromatic N) is 4. The Labute approximate surface area is 362 Å². The second-order valence-corrected chi connectivity index (χ2v) is 14.8. The maximum Gasteiger partial charge on any atom is 0.412 e. The fourth-order valence-electron chi connectivity index (χ4n) is 6.38. The fourth-order valence-corrected chi connectivity index (χ4v) is 6.38. The van der Waals surface area contributed by atoms with Crippen molar-refractivity contribution < 1.29 is 37.8 Å². The van der Waals surface area contributed by atoms with Gasteiger partial charge in [0.15, 0.2) is 12.0 Å². The molecule has 330 valence electrons. The lowest BCUT2D eigenvalue weighted by Crippen LogP contribution is -2.52. The van der Waals surface area contributed by atoms with Crippen LogP contribution in [0.25, 0.3) is 11.1 Å². The lowest BCUT2D eigenvalue weighted by molar-refractivity contribution is -0.131. The number of hydrogen-bond acceptors (Lipinski definition) is 11. The van der Waals surface area contributed by atoms with E-state index in [4.69, 9.17) is 9.47 Å². The first-order valence-electron chi connectivity index (χ1n) is 20.6. The van der Waals surface area contributed by atoms with E-state index in [2.05, 4.69) is 31.5 Å². The summed E-state index contributed by atoms with van der Waals surface area (Å²) in [5, 5.41) is 12.8. The van der Waals surface area contributed by atoms with Crippen molar-refractivity contribution in [3.8, 4) is 11.1 Å². The summed E-state index contributed by atoms with van der Waals surface area (Å²) >= 11 is 0. The van der Waals surface area contributed by atoms with E-state index < -0.39 is 29.3 Å². The van der Waals surface area contributed by atoms with Crippen LogP contribution >= 0.6 is 0 Å². The van der Waals surface area contributed by atoms with E-state index in [1.807, 2.05) is 44.2 Å². The highest BCUT2D eigenvalue weighted by Crippen LogP contribution is 2.25. The minimum absolute atomic E-state index is 0.0203. The van der Waals surface area contributed by atoms with Gasteiger partial charge in [0.05, 0.1) is 36.7 Å². The summed E-state index contributed by atoms with van der Waals surface area (Å²) in [6.45, 7) is 11.4. The molecule has 15 nitrogen and oxygen atoms in total. The highest BCUT2D eigenvalue weighted by atomic mass is 19.1. The van der Waals surface area contributed by atoms with Gasteiger partial charge in [0.1, 0.15) is 11.4 Å². The molecule has 2 heterocycles. The molecule has 5 rings (SSSR count). The fraction of sp³-hybridized carbons (Fsp3) is 0.370. The summed E-state index contributed by atoms with van der Waals surface area (Å²) in [6, 6.07) is 22.5. The number of rotatable bonds is 17. The number of aldehydes is 1. The number of nitrogens with one attached hydrogen (secondary N) is 4. The van der Waals surface area contributed by atoms with Crippen LogP contribution in [-0.4, -0.2) is 122 Å². The topological polar surface area (TPSA) is 184 Å². The van der Waals surface area contributed by atoms with Gasteiger partial charge in [0, 0.05) is 75.6 Å². The third-order valence-corrected chi connectivity index (χ3v) is 9.27. The zero-order chi connectivity index (χ0) is 45.1. The molecule has 3 aromatic carbocycles. The number of hydrazone groups is 1. The molecule has 1 aromatic heterocycles. The molecule has 62 heavy (non-hydrogen) atoms. The standard InChI is InChI=1S/C44H51FN8O7.C2H6/c1-44(2,3)60-43(58)50-38-26-33(31-10-6-5-7-11-31)27-49-40(38)41(56)48-17-23-59-22-16-47-28-39(55)52-18-20-53(21-19-52)42(57)35-24-30(14-15-36(35)45)25-37(51-46-4)34-13-9-8-12-32(34)29-54;1-2/h5-15,24,26-27,29,46-47H,16-23,25,28H2,1-4H3,(H,48,56)(H,50,58);1-2H3/b51-37-;. The molecule has 16 heteroatoms. The number of benzene rings is 3. The quantitative estimate of drug-likeness (QED) is 0.0454. The van der Waals surface area contributed by atoms with Crippen molar-refractivity contribution in [2.45, 2.75) is 46.6 Å². The number of aromatic nitrogens is 1. The van der Waals surface area contributed by atoms with Crippen molar-refractivity contribution in [2.24, 2.45) is 5.10 Å². The zero-order valence-electron chi connectivity index (χ0n) is 36.3. The van der Waals surface area contributed by atoms with E-state index >= 15 is 0 Å². The van der Waals surface area contributed by atoms with Gasteiger partial charge in [-0.3, -0.25) is 24.5 Å². The van der Waals surface area contributed by atoms with Gasteiger partial charge in [0.25, 0.3) is 11.8 Å². The van der Waals surface area contributed by atoms with E-state index in [-0.39, 0.29) is 68.7 Å². The van der Waals surface area contributed by atoms with Crippen LogP contribution in [0.15, 0.2) is 90.2 Å². The number of carbonyl (C=O) groups is 5. The van der Waals surface area contributed by atoms with Crippen LogP contribution in [0.2, 0.25) is 0 Å². The number of hydrogen-bond donors (Lipinski definition) is 4. The van der Waals surface area contributed by atoms with Crippen molar-refractivity contribution in [3.05, 3.63) is 119 Å². The normalized spacial score (nSPS) is 12.7. The van der Waals surface area contributed by atoms with E-state index in [1.54, 1.807) is 75.3 Å². The molecule has 0 unspecified atom stereocenters. The Morgan fingerprint density at radius 1 is 0.855 bits per heavy atom. The predicted molar refractivity (Wildman–Crippen MR) is 237 cm³/mol. The molecule has 4 amide bonds. The zero-order valence-corrected chi connectivity index (χ0v) is 36.3. The minimum Gasteiger partial charge on any atom is -0.444 e.